The van der Waals surface area contributed by atoms with Gasteiger partial charge in [-0.15, -0.1) is 0 Å². The van der Waals surface area contributed by atoms with Crippen LogP contribution < -0.4 is 20.7 Å². The van der Waals surface area contributed by atoms with Crippen LogP contribution in [0.15, 0.2) is 72.9 Å². The lowest BCUT2D eigenvalue weighted by atomic mass is 10.2. The number of aryl methyl sites for hydroxylation is 2. The summed E-state index contributed by atoms with van der Waals surface area (Å²) in [5.41, 5.74) is 3.54. The van der Waals surface area contributed by atoms with Gasteiger partial charge in [-0.2, -0.15) is 5.10 Å². The normalized spacial score (nSPS) is 10.6. The van der Waals surface area contributed by atoms with Gasteiger partial charge in [0.05, 0.1) is 11.4 Å². The first kappa shape index (κ1) is 27.3. The molecule has 0 aliphatic heterocycles. The molecule has 39 heavy (non-hydrogen) atoms. The number of anilines is 3. The molecule has 2 aromatic carbocycles. The van der Waals surface area contributed by atoms with Gasteiger partial charge in [-0.05, 0) is 62.2 Å². The van der Waals surface area contributed by atoms with E-state index in [0.717, 1.165) is 36.2 Å². The Morgan fingerprint density at radius 2 is 1.69 bits per heavy atom. The van der Waals surface area contributed by atoms with Crippen LogP contribution in [0.25, 0.3) is 5.69 Å². The number of pyridine rings is 1. The highest BCUT2D eigenvalue weighted by Crippen LogP contribution is 2.25. The van der Waals surface area contributed by atoms with E-state index in [1.165, 1.54) is 13.3 Å². The highest BCUT2D eigenvalue weighted by molar-refractivity contribution is 5.99. The second kappa shape index (κ2) is 13.2. The molecule has 3 N–H and O–H groups in total. The van der Waals surface area contributed by atoms with Crippen LogP contribution in [0.1, 0.15) is 31.0 Å². The van der Waals surface area contributed by atoms with Crippen molar-refractivity contribution in [3.8, 4) is 17.2 Å². The minimum atomic E-state index is -0.385. The zero-order valence-electron chi connectivity index (χ0n) is 22.2. The average Bonchev–Trinajstić information content (AvgIpc) is 3.31. The molecular formula is C29H32N6O4. The molecule has 0 spiro atoms. The largest absolute Gasteiger partial charge is 0.457 e. The summed E-state index contributed by atoms with van der Waals surface area (Å²) in [6, 6.07) is 19.7. The van der Waals surface area contributed by atoms with E-state index in [0.29, 0.717) is 28.8 Å². The fourth-order valence-electron chi connectivity index (χ4n) is 3.76. The Morgan fingerprint density at radius 3 is 2.41 bits per heavy atom. The number of carbonyl (C=O) groups is 2. The minimum absolute atomic E-state index is 0.0664. The molecule has 4 aromatic rings. The number of rotatable bonds is 11. The quantitative estimate of drug-likeness (QED) is 0.222. The number of nitrogens with one attached hydrogen (secondary N) is 3. The van der Waals surface area contributed by atoms with Crippen molar-refractivity contribution in [3.63, 3.8) is 0 Å². The maximum atomic E-state index is 12.8. The van der Waals surface area contributed by atoms with E-state index in [9.17, 15) is 9.59 Å². The van der Waals surface area contributed by atoms with Gasteiger partial charge in [0, 0.05) is 31.1 Å². The first-order valence-corrected chi connectivity index (χ1v) is 12.7. The Labute approximate surface area is 227 Å². The summed E-state index contributed by atoms with van der Waals surface area (Å²) in [6.07, 6.45) is 4.46. The molecule has 0 saturated heterocycles. The van der Waals surface area contributed by atoms with Crippen LogP contribution in [0.3, 0.4) is 0 Å². The summed E-state index contributed by atoms with van der Waals surface area (Å²) in [4.78, 5) is 28.7. The number of amides is 3. The fraction of sp³-hybridized carbons (Fsp3) is 0.241. The molecule has 0 atom stereocenters. The summed E-state index contributed by atoms with van der Waals surface area (Å²) in [5.74, 6) is 1.69. The van der Waals surface area contributed by atoms with Crippen molar-refractivity contribution in [1.82, 2.24) is 14.8 Å². The van der Waals surface area contributed by atoms with E-state index < -0.39 is 0 Å². The SMILES string of the molecule is CCCCc1cc(NC(=O)Nc2ccc(Oc3ccnc(NC(=O)COC)c3)cc2)n(-c2ccc(C)cc2)n1. The molecule has 10 heteroatoms. The Balaban J connectivity index is 1.39. The van der Waals surface area contributed by atoms with Crippen LogP contribution in [-0.2, 0) is 16.0 Å². The third-order valence-corrected chi connectivity index (χ3v) is 5.69. The monoisotopic (exact) mass is 528 g/mol. The number of unbranched alkanes of at least 4 members (excludes halogenated alkanes) is 1. The summed E-state index contributed by atoms with van der Waals surface area (Å²) in [6.45, 7) is 4.10. The number of aromatic nitrogens is 3. The predicted molar refractivity (Wildman–Crippen MR) is 151 cm³/mol. The Morgan fingerprint density at radius 1 is 0.923 bits per heavy atom. The maximum Gasteiger partial charge on any atom is 0.324 e. The van der Waals surface area contributed by atoms with Crippen molar-refractivity contribution in [1.29, 1.82) is 0 Å². The molecule has 0 unspecified atom stereocenters. The van der Waals surface area contributed by atoms with Crippen LogP contribution in [0.2, 0.25) is 0 Å². The molecule has 0 aliphatic carbocycles. The van der Waals surface area contributed by atoms with Gasteiger partial charge in [-0.25, -0.2) is 14.5 Å². The second-order valence-corrected chi connectivity index (χ2v) is 8.94. The predicted octanol–water partition coefficient (Wildman–Crippen LogP) is 5.94. The van der Waals surface area contributed by atoms with Crippen LogP contribution in [0.4, 0.5) is 22.1 Å². The number of carbonyl (C=O) groups excluding carboxylic acids is 2. The molecule has 0 aliphatic rings. The van der Waals surface area contributed by atoms with E-state index in [4.69, 9.17) is 14.6 Å². The first-order chi connectivity index (χ1) is 18.9. The lowest BCUT2D eigenvalue weighted by Crippen LogP contribution is -2.21. The van der Waals surface area contributed by atoms with Crippen LogP contribution in [0, 0.1) is 6.92 Å². The van der Waals surface area contributed by atoms with Crippen LogP contribution >= 0.6 is 0 Å². The number of nitrogens with zero attached hydrogens (tertiary/aromatic N) is 3. The zero-order valence-corrected chi connectivity index (χ0v) is 22.2. The molecule has 10 nitrogen and oxygen atoms in total. The van der Waals surface area contributed by atoms with Crippen molar-refractivity contribution >= 4 is 29.3 Å². The molecule has 202 valence electrons. The van der Waals surface area contributed by atoms with Crippen molar-refractivity contribution < 1.29 is 19.1 Å². The lowest BCUT2D eigenvalue weighted by molar-refractivity contribution is -0.119. The van der Waals surface area contributed by atoms with Gasteiger partial charge in [0.25, 0.3) is 5.91 Å². The molecule has 3 amide bonds. The summed E-state index contributed by atoms with van der Waals surface area (Å²) >= 11 is 0. The van der Waals surface area contributed by atoms with Crippen LogP contribution in [0.5, 0.6) is 11.5 Å². The van der Waals surface area contributed by atoms with Crippen molar-refractivity contribution in [2.45, 2.75) is 33.1 Å². The van der Waals surface area contributed by atoms with Gasteiger partial charge in [0.1, 0.15) is 29.7 Å². The molecule has 4 rings (SSSR count). The fourth-order valence-corrected chi connectivity index (χ4v) is 3.76. The van der Waals surface area contributed by atoms with Crippen molar-refractivity contribution in [3.05, 3.63) is 84.2 Å². The third-order valence-electron chi connectivity index (χ3n) is 5.69. The highest BCUT2D eigenvalue weighted by atomic mass is 16.5. The zero-order chi connectivity index (χ0) is 27.6. The molecule has 0 saturated carbocycles. The van der Waals surface area contributed by atoms with Crippen LogP contribution in [-0.4, -0.2) is 40.4 Å². The topological polar surface area (TPSA) is 119 Å². The summed E-state index contributed by atoms with van der Waals surface area (Å²) < 4.78 is 12.4. The van der Waals surface area contributed by atoms with Gasteiger partial charge in [0.2, 0.25) is 0 Å². The van der Waals surface area contributed by atoms with E-state index in [1.54, 1.807) is 41.1 Å². The molecule has 2 heterocycles. The number of hydrogen-bond donors (Lipinski definition) is 3. The van der Waals surface area contributed by atoms with Gasteiger partial charge < -0.3 is 20.1 Å². The smallest absolute Gasteiger partial charge is 0.324 e. The van der Waals surface area contributed by atoms with E-state index in [2.05, 4.69) is 27.9 Å². The van der Waals surface area contributed by atoms with E-state index in [-0.39, 0.29) is 18.5 Å². The second-order valence-electron chi connectivity index (χ2n) is 8.94. The number of ether oxygens (including phenoxy) is 2. The maximum absolute atomic E-state index is 12.8. The standard InChI is InChI=1S/C29H32N6O4/c1-4-5-6-22-17-27(35(34-22)23-11-7-20(2)8-12-23)33-29(37)31-21-9-13-24(14-10-21)39-25-15-16-30-26(18-25)32-28(36)19-38-3/h7-18H,4-6,19H2,1-3H3,(H,30,32,36)(H2,31,33,37). The van der Waals surface area contributed by atoms with Gasteiger partial charge in [-0.3, -0.25) is 10.1 Å². The molecule has 0 fully saturated rings. The molecular weight excluding hydrogens is 496 g/mol. The Bertz CT molecular complexity index is 1400. The molecule has 2 aromatic heterocycles. The Kier molecular flexibility index (Phi) is 9.25. The van der Waals surface area contributed by atoms with Crippen molar-refractivity contribution in [2.75, 3.05) is 29.7 Å². The minimum Gasteiger partial charge on any atom is -0.457 e. The first-order valence-electron chi connectivity index (χ1n) is 12.7. The van der Waals surface area contributed by atoms with Gasteiger partial charge >= 0.3 is 6.03 Å². The number of urea groups is 1. The third kappa shape index (κ3) is 7.89. The number of hydrogen-bond acceptors (Lipinski definition) is 6. The lowest BCUT2D eigenvalue weighted by Gasteiger charge is -2.11. The van der Waals surface area contributed by atoms with Gasteiger partial charge in [-0.1, -0.05) is 31.0 Å². The summed E-state index contributed by atoms with van der Waals surface area (Å²) in [7, 11) is 1.44. The van der Waals surface area contributed by atoms with Crippen molar-refractivity contribution in [2.24, 2.45) is 0 Å². The Hall–Kier alpha value is -4.70. The number of methoxy groups -OCH3 is 1. The van der Waals surface area contributed by atoms with Gasteiger partial charge in [0.15, 0.2) is 0 Å². The molecule has 0 bridgehead atoms. The molecule has 0 radical (unpaired) electrons. The highest BCUT2D eigenvalue weighted by Gasteiger charge is 2.13. The van der Waals surface area contributed by atoms with E-state index in [1.807, 2.05) is 37.3 Å². The average molecular weight is 529 g/mol. The number of benzene rings is 2. The van der Waals surface area contributed by atoms with E-state index >= 15 is 0 Å². The summed E-state index contributed by atoms with van der Waals surface area (Å²) in [5, 5.41) is 13.1.